The van der Waals surface area contributed by atoms with Crippen LogP contribution in [0.1, 0.15) is 24.0 Å². The molecule has 1 atom stereocenters. The number of anilines is 1. The highest BCUT2D eigenvalue weighted by atomic mass is 35.5. The van der Waals surface area contributed by atoms with Gasteiger partial charge in [0.05, 0.1) is 10.8 Å². The molecule has 0 unspecified atom stereocenters. The largest absolute Gasteiger partial charge is 0.326 e. The van der Waals surface area contributed by atoms with Crippen LogP contribution in [-0.2, 0) is 14.8 Å². The Balaban J connectivity index is 1.76. The molecule has 2 aromatic carbocycles. The molecule has 7 heteroatoms. The number of hydrogen-bond donors (Lipinski definition) is 1. The van der Waals surface area contributed by atoms with Gasteiger partial charge in [0.25, 0.3) is 0 Å². The summed E-state index contributed by atoms with van der Waals surface area (Å²) in [6, 6.07) is 12.3. The normalized spacial score (nSPS) is 18.3. The summed E-state index contributed by atoms with van der Waals surface area (Å²) < 4.78 is 27.3. The number of benzene rings is 2. The van der Waals surface area contributed by atoms with Crippen LogP contribution in [0.3, 0.4) is 0 Å². The van der Waals surface area contributed by atoms with Crippen molar-refractivity contribution in [1.29, 1.82) is 0 Å². The summed E-state index contributed by atoms with van der Waals surface area (Å²) in [6.07, 6.45) is 1.31. The molecular formula is C20H23ClN2O3S. The SMILES string of the molecule is Cc1ccc(S(=O)(=O)N2CCC[C@@H](C(=O)Nc3ccccc3C)C2)cc1Cl. The highest BCUT2D eigenvalue weighted by molar-refractivity contribution is 7.89. The molecule has 1 aliphatic heterocycles. The third-order valence-corrected chi connectivity index (χ3v) is 7.21. The van der Waals surface area contributed by atoms with Crippen LogP contribution in [0.5, 0.6) is 0 Å². The van der Waals surface area contributed by atoms with E-state index >= 15 is 0 Å². The lowest BCUT2D eigenvalue weighted by Gasteiger charge is -2.31. The van der Waals surface area contributed by atoms with Crippen molar-refractivity contribution in [3.05, 3.63) is 58.6 Å². The van der Waals surface area contributed by atoms with Crippen molar-refractivity contribution in [3.63, 3.8) is 0 Å². The van der Waals surface area contributed by atoms with Gasteiger partial charge in [-0.2, -0.15) is 4.31 Å². The van der Waals surface area contributed by atoms with Crippen molar-refractivity contribution in [1.82, 2.24) is 4.31 Å². The molecule has 0 bridgehead atoms. The topological polar surface area (TPSA) is 66.5 Å². The fourth-order valence-electron chi connectivity index (χ4n) is 3.21. The van der Waals surface area contributed by atoms with Crippen LogP contribution >= 0.6 is 11.6 Å². The Labute approximate surface area is 165 Å². The molecule has 0 saturated carbocycles. The highest BCUT2D eigenvalue weighted by Gasteiger charge is 2.33. The van der Waals surface area contributed by atoms with Gasteiger partial charge in [-0.25, -0.2) is 8.42 Å². The molecule has 1 saturated heterocycles. The fraction of sp³-hybridized carbons (Fsp3) is 0.350. The first kappa shape index (κ1) is 19.9. The van der Waals surface area contributed by atoms with Crippen LogP contribution in [0.4, 0.5) is 5.69 Å². The molecule has 1 fully saturated rings. The standard InChI is InChI=1S/C20H23ClN2O3S/c1-14-9-10-17(12-18(14)21)27(25,26)23-11-5-7-16(13-23)20(24)22-19-8-4-3-6-15(19)2/h3-4,6,8-10,12,16H,5,7,11,13H2,1-2H3,(H,22,24)/t16-/m1/s1. The van der Waals surface area contributed by atoms with Crippen LogP contribution in [0.25, 0.3) is 0 Å². The molecule has 0 radical (unpaired) electrons. The van der Waals surface area contributed by atoms with E-state index in [0.717, 1.165) is 16.8 Å². The van der Waals surface area contributed by atoms with E-state index in [1.165, 1.54) is 10.4 Å². The van der Waals surface area contributed by atoms with Crippen LogP contribution in [0.15, 0.2) is 47.4 Å². The molecule has 3 rings (SSSR count). The Morgan fingerprint density at radius 3 is 2.59 bits per heavy atom. The molecule has 1 amide bonds. The van der Waals surface area contributed by atoms with E-state index in [1.807, 2.05) is 38.1 Å². The zero-order valence-corrected chi connectivity index (χ0v) is 17.0. The van der Waals surface area contributed by atoms with Crippen molar-refractivity contribution in [2.24, 2.45) is 5.92 Å². The number of piperidine rings is 1. The number of rotatable bonds is 4. The van der Waals surface area contributed by atoms with Crippen molar-refractivity contribution in [2.75, 3.05) is 18.4 Å². The van der Waals surface area contributed by atoms with Crippen molar-refractivity contribution >= 4 is 33.2 Å². The molecule has 144 valence electrons. The van der Waals surface area contributed by atoms with Crippen molar-refractivity contribution in [3.8, 4) is 0 Å². The molecule has 1 N–H and O–H groups in total. The molecular weight excluding hydrogens is 384 g/mol. The second-order valence-corrected chi connectivity index (χ2v) is 9.26. The van der Waals surface area contributed by atoms with Crippen molar-refractivity contribution < 1.29 is 13.2 Å². The minimum Gasteiger partial charge on any atom is -0.326 e. The zero-order chi connectivity index (χ0) is 19.6. The first-order valence-electron chi connectivity index (χ1n) is 8.92. The first-order chi connectivity index (χ1) is 12.8. The van der Waals surface area contributed by atoms with E-state index in [4.69, 9.17) is 11.6 Å². The summed E-state index contributed by atoms with van der Waals surface area (Å²) in [4.78, 5) is 12.8. The lowest BCUT2D eigenvalue weighted by atomic mass is 9.98. The van der Waals surface area contributed by atoms with Gasteiger partial charge in [0, 0.05) is 23.8 Å². The highest BCUT2D eigenvalue weighted by Crippen LogP contribution is 2.27. The van der Waals surface area contributed by atoms with Gasteiger partial charge in [-0.3, -0.25) is 4.79 Å². The Morgan fingerprint density at radius 2 is 1.89 bits per heavy atom. The number of nitrogens with one attached hydrogen (secondary N) is 1. The van der Waals surface area contributed by atoms with Gasteiger partial charge in [0.2, 0.25) is 15.9 Å². The van der Waals surface area contributed by atoms with E-state index in [0.29, 0.717) is 24.4 Å². The molecule has 0 spiro atoms. The third kappa shape index (κ3) is 4.34. The number of aryl methyl sites for hydroxylation is 2. The Morgan fingerprint density at radius 1 is 1.15 bits per heavy atom. The molecule has 0 aliphatic carbocycles. The number of amides is 1. The summed E-state index contributed by atoms with van der Waals surface area (Å²) in [5, 5.41) is 3.35. The lowest BCUT2D eigenvalue weighted by Crippen LogP contribution is -2.43. The van der Waals surface area contributed by atoms with E-state index in [2.05, 4.69) is 5.32 Å². The number of para-hydroxylation sites is 1. The Hall–Kier alpha value is -1.89. The molecule has 5 nitrogen and oxygen atoms in total. The average molecular weight is 407 g/mol. The summed E-state index contributed by atoms with van der Waals surface area (Å²) in [7, 11) is -3.68. The third-order valence-electron chi connectivity index (χ3n) is 4.94. The summed E-state index contributed by atoms with van der Waals surface area (Å²) in [5.41, 5.74) is 2.55. The number of carbonyl (C=O) groups is 1. The lowest BCUT2D eigenvalue weighted by molar-refractivity contribution is -0.120. The van der Waals surface area contributed by atoms with Crippen LogP contribution in [0.2, 0.25) is 5.02 Å². The molecule has 2 aromatic rings. The van der Waals surface area contributed by atoms with Gasteiger partial charge in [0.15, 0.2) is 0 Å². The number of halogens is 1. The van der Waals surface area contributed by atoms with Gasteiger partial charge < -0.3 is 5.32 Å². The summed E-state index contributed by atoms with van der Waals surface area (Å²) >= 11 is 6.10. The molecule has 0 aromatic heterocycles. The van der Waals surface area contributed by atoms with Gasteiger partial charge in [-0.1, -0.05) is 35.9 Å². The van der Waals surface area contributed by atoms with Crippen LogP contribution < -0.4 is 5.32 Å². The van der Waals surface area contributed by atoms with Gasteiger partial charge in [-0.15, -0.1) is 0 Å². The van der Waals surface area contributed by atoms with E-state index < -0.39 is 10.0 Å². The molecule has 1 heterocycles. The minimum absolute atomic E-state index is 0.147. The Bertz CT molecular complexity index is 959. The van der Waals surface area contributed by atoms with E-state index in [1.54, 1.807) is 12.1 Å². The average Bonchev–Trinajstić information content (AvgIpc) is 2.65. The van der Waals surface area contributed by atoms with Gasteiger partial charge in [-0.05, 0) is 56.0 Å². The monoisotopic (exact) mass is 406 g/mol. The number of sulfonamides is 1. The second kappa shape index (κ2) is 8.00. The number of nitrogens with zero attached hydrogens (tertiary/aromatic N) is 1. The predicted octanol–water partition coefficient (Wildman–Crippen LogP) is 4.00. The molecule has 1 aliphatic rings. The quantitative estimate of drug-likeness (QED) is 0.834. The predicted molar refractivity (Wildman–Crippen MR) is 107 cm³/mol. The van der Waals surface area contributed by atoms with E-state index in [9.17, 15) is 13.2 Å². The smallest absolute Gasteiger partial charge is 0.243 e. The maximum Gasteiger partial charge on any atom is 0.243 e. The first-order valence-corrected chi connectivity index (χ1v) is 10.7. The van der Waals surface area contributed by atoms with Crippen molar-refractivity contribution in [2.45, 2.75) is 31.6 Å². The fourth-order valence-corrected chi connectivity index (χ4v) is 5.00. The molecule has 27 heavy (non-hydrogen) atoms. The minimum atomic E-state index is -3.68. The van der Waals surface area contributed by atoms with Gasteiger partial charge >= 0.3 is 0 Å². The van der Waals surface area contributed by atoms with Crippen LogP contribution in [-0.4, -0.2) is 31.7 Å². The number of carbonyl (C=O) groups excluding carboxylic acids is 1. The van der Waals surface area contributed by atoms with Gasteiger partial charge in [0.1, 0.15) is 0 Å². The Kier molecular flexibility index (Phi) is 5.89. The van der Waals surface area contributed by atoms with Crippen LogP contribution in [0, 0.1) is 19.8 Å². The zero-order valence-electron chi connectivity index (χ0n) is 15.4. The summed E-state index contributed by atoms with van der Waals surface area (Å²) in [5.74, 6) is -0.528. The maximum atomic E-state index is 13.0. The second-order valence-electron chi connectivity index (χ2n) is 6.92. The maximum absolute atomic E-state index is 13.0. The van der Waals surface area contributed by atoms with E-state index in [-0.39, 0.29) is 23.3 Å². The number of hydrogen-bond acceptors (Lipinski definition) is 3. The summed E-state index contributed by atoms with van der Waals surface area (Å²) in [6.45, 7) is 4.33.